The van der Waals surface area contributed by atoms with Crippen LogP contribution in [0, 0.1) is 0 Å². The summed E-state index contributed by atoms with van der Waals surface area (Å²) in [6, 6.07) is 0.872. The van der Waals surface area contributed by atoms with Crippen molar-refractivity contribution in [3.8, 4) is 0 Å². The van der Waals surface area contributed by atoms with Crippen molar-refractivity contribution in [2.75, 3.05) is 20.8 Å². The molecule has 4 nitrogen and oxygen atoms in total. The van der Waals surface area contributed by atoms with Gasteiger partial charge in [-0.05, 0) is 25.1 Å². The molecule has 0 saturated carbocycles. The van der Waals surface area contributed by atoms with E-state index in [0.29, 0.717) is 6.54 Å². The van der Waals surface area contributed by atoms with Crippen LogP contribution in [0.4, 0.5) is 0 Å². The highest BCUT2D eigenvalue weighted by atomic mass is 28.4. The first-order chi connectivity index (χ1) is 6.58. The third-order valence-corrected chi connectivity index (χ3v) is 5.14. The Bertz CT molecular complexity index is 192. The van der Waals surface area contributed by atoms with Crippen molar-refractivity contribution in [3.63, 3.8) is 0 Å². The van der Waals surface area contributed by atoms with Crippen molar-refractivity contribution in [1.82, 2.24) is 5.32 Å². The topological polar surface area (TPSA) is 47.6 Å². The Balaban J connectivity index is 3.62. The van der Waals surface area contributed by atoms with E-state index in [1.807, 2.05) is 6.55 Å². The van der Waals surface area contributed by atoms with E-state index in [1.165, 1.54) is 6.08 Å². The van der Waals surface area contributed by atoms with Gasteiger partial charge in [-0.25, -0.2) is 0 Å². The molecule has 1 amide bonds. The standard InChI is InChI=1S/C9H19NO3Si/c1-5-9(11)10-7-6-8-14(4,12-2)13-3/h5H,1,6-8H2,2-4H3,(H,10,11). The summed E-state index contributed by atoms with van der Waals surface area (Å²) >= 11 is 0. The van der Waals surface area contributed by atoms with Gasteiger partial charge >= 0.3 is 8.56 Å². The summed E-state index contributed by atoms with van der Waals surface area (Å²) in [7, 11) is 1.37. The van der Waals surface area contributed by atoms with Crippen LogP contribution in [-0.4, -0.2) is 35.2 Å². The maximum atomic E-state index is 10.8. The minimum atomic E-state index is -1.96. The predicted octanol–water partition coefficient (Wildman–Crippen LogP) is 1.04. The Morgan fingerprint density at radius 2 is 2.07 bits per heavy atom. The van der Waals surface area contributed by atoms with Crippen LogP contribution >= 0.6 is 0 Å². The molecule has 0 aromatic heterocycles. The molecule has 0 radical (unpaired) electrons. The lowest BCUT2D eigenvalue weighted by Crippen LogP contribution is -2.37. The fraction of sp³-hybridized carbons (Fsp3) is 0.667. The van der Waals surface area contributed by atoms with Gasteiger partial charge in [0.05, 0.1) is 0 Å². The molecule has 0 bridgehead atoms. The first-order valence-electron chi connectivity index (χ1n) is 4.58. The van der Waals surface area contributed by atoms with E-state index in [2.05, 4.69) is 11.9 Å². The molecule has 14 heavy (non-hydrogen) atoms. The molecule has 0 aliphatic heterocycles. The lowest BCUT2D eigenvalue weighted by atomic mass is 10.4. The molecule has 0 saturated heterocycles. The van der Waals surface area contributed by atoms with Crippen molar-refractivity contribution in [2.24, 2.45) is 0 Å². The zero-order chi connectivity index (χ0) is 11.0. The van der Waals surface area contributed by atoms with Crippen LogP contribution in [0.15, 0.2) is 12.7 Å². The third kappa shape index (κ3) is 5.16. The minimum absolute atomic E-state index is 0.136. The van der Waals surface area contributed by atoms with Gasteiger partial charge in [0, 0.05) is 20.8 Å². The average molecular weight is 217 g/mol. The molecule has 5 heteroatoms. The SMILES string of the molecule is C=CC(=O)NCCC[Si](C)(OC)OC. The van der Waals surface area contributed by atoms with Gasteiger partial charge in [0.15, 0.2) is 0 Å². The van der Waals surface area contributed by atoms with Gasteiger partial charge in [-0.1, -0.05) is 6.58 Å². The first-order valence-corrected chi connectivity index (χ1v) is 7.11. The number of amides is 1. The molecule has 0 fully saturated rings. The third-order valence-electron chi connectivity index (χ3n) is 2.16. The van der Waals surface area contributed by atoms with Crippen molar-refractivity contribution in [3.05, 3.63) is 12.7 Å². The van der Waals surface area contributed by atoms with Crippen molar-refractivity contribution < 1.29 is 13.6 Å². The van der Waals surface area contributed by atoms with E-state index in [4.69, 9.17) is 8.85 Å². The van der Waals surface area contributed by atoms with Crippen molar-refractivity contribution in [1.29, 1.82) is 0 Å². The summed E-state index contributed by atoms with van der Waals surface area (Å²) in [6.07, 6.45) is 2.13. The summed E-state index contributed by atoms with van der Waals surface area (Å²) in [6.45, 7) is 6.01. The Morgan fingerprint density at radius 1 is 1.50 bits per heavy atom. The summed E-state index contributed by atoms with van der Waals surface area (Å²) in [5, 5.41) is 2.71. The Hall–Kier alpha value is -0.653. The second-order valence-electron chi connectivity index (χ2n) is 3.14. The van der Waals surface area contributed by atoms with Crippen LogP contribution in [0.1, 0.15) is 6.42 Å². The molecule has 0 aromatic carbocycles. The van der Waals surface area contributed by atoms with Crippen LogP contribution in [-0.2, 0) is 13.6 Å². The van der Waals surface area contributed by atoms with Crippen LogP contribution in [0.25, 0.3) is 0 Å². The lowest BCUT2D eigenvalue weighted by molar-refractivity contribution is -0.116. The molecule has 0 aromatic rings. The van der Waals surface area contributed by atoms with Crippen LogP contribution in [0.3, 0.4) is 0 Å². The van der Waals surface area contributed by atoms with Crippen LogP contribution in [0.5, 0.6) is 0 Å². The molecular formula is C9H19NO3Si. The smallest absolute Gasteiger partial charge is 0.334 e. The Labute approximate surface area is 86.5 Å². The molecule has 0 unspecified atom stereocenters. The van der Waals surface area contributed by atoms with E-state index in [9.17, 15) is 4.79 Å². The number of carbonyl (C=O) groups is 1. The summed E-state index contributed by atoms with van der Waals surface area (Å²) in [5.41, 5.74) is 0. The molecule has 0 spiro atoms. The Morgan fingerprint density at radius 3 is 2.50 bits per heavy atom. The van der Waals surface area contributed by atoms with E-state index in [0.717, 1.165) is 12.5 Å². The lowest BCUT2D eigenvalue weighted by Gasteiger charge is -2.22. The van der Waals surface area contributed by atoms with Gasteiger partial charge in [-0.2, -0.15) is 0 Å². The molecule has 0 aliphatic carbocycles. The second kappa shape index (κ2) is 6.75. The normalized spacial score (nSPS) is 11.1. The zero-order valence-corrected chi connectivity index (χ0v) is 10.1. The molecule has 0 rings (SSSR count). The highest BCUT2D eigenvalue weighted by Gasteiger charge is 2.27. The number of hydrogen-bond acceptors (Lipinski definition) is 3. The average Bonchev–Trinajstić information content (AvgIpc) is 2.23. The molecule has 82 valence electrons. The quantitative estimate of drug-likeness (QED) is 0.394. The molecule has 0 heterocycles. The number of hydrogen-bond donors (Lipinski definition) is 1. The van der Waals surface area contributed by atoms with Crippen LogP contribution < -0.4 is 5.32 Å². The maximum absolute atomic E-state index is 10.8. The maximum Gasteiger partial charge on any atom is 0.334 e. The molecule has 0 atom stereocenters. The summed E-state index contributed by atoms with van der Waals surface area (Å²) in [4.78, 5) is 10.8. The van der Waals surface area contributed by atoms with E-state index >= 15 is 0 Å². The molecule has 0 aliphatic rings. The Kier molecular flexibility index (Phi) is 6.43. The fourth-order valence-corrected chi connectivity index (χ4v) is 2.37. The monoisotopic (exact) mass is 217 g/mol. The van der Waals surface area contributed by atoms with Gasteiger partial charge in [-0.15, -0.1) is 0 Å². The van der Waals surface area contributed by atoms with E-state index in [-0.39, 0.29) is 5.91 Å². The van der Waals surface area contributed by atoms with E-state index < -0.39 is 8.56 Å². The fourth-order valence-electron chi connectivity index (χ4n) is 0.981. The second-order valence-corrected chi connectivity index (χ2v) is 6.72. The first kappa shape index (κ1) is 13.3. The van der Waals surface area contributed by atoms with Gasteiger partial charge < -0.3 is 14.2 Å². The number of carbonyl (C=O) groups excluding carboxylic acids is 1. The summed E-state index contributed by atoms with van der Waals surface area (Å²) in [5.74, 6) is -0.136. The van der Waals surface area contributed by atoms with Gasteiger partial charge in [0.25, 0.3) is 0 Å². The largest absolute Gasteiger partial charge is 0.398 e. The van der Waals surface area contributed by atoms with Gasteiger partial charge in [-0.3, -0.25) is 4.79 Å². The zero-order valence-electron chi connectivity index (χ0n) is 9.13. The highest BCUT2D eigenvalue weighted by molar-refractivity contribution is 6.65. The highest BCUT2D eigenvalue weighted by Crippen LogP contribution is 2.12. The molecule has 1 N–H and O–H groups in total. The van der Waals surface area contributed by atoms with Crippen molar-refractivity contribution in [2.45, 2.75) is 19.0 Å². The summed E-state index contributed by atoms with van der Waals surface area (Å²) < 4.78 is 10.6. The number of nitrogens with one attached hydrogen (secondary N) is 1. The number of rotatable bonds is 7. The van der Waals surface area contributed by atoms with Crippen molar-refractivity contribution >= 4 is 14.5 Å². The molecular weight excluding hydrogens is 198 g/mol. The van der Waals surface area contributed by atoms with Gasteiger partial charge in [0.1, 0.15) is 0 Å². The van der Waals surface area contributed by atoms with E-state index in [1.54, 1.807) is 14.2 Å². The predicted molar refractivity (Wildman–Crippen MR) is 58.3 cm³/mol. The minimum Gasteiger partial charge on any atom is -0.398 e. The van der Waals surface area contributed by atoms with Crippen LogP contribution in [0.2, 0.25) is 12.6 Å². The van der Waals surface area contributed by atoms with Gasteiger partial charge in [0.2, 0.25) is 5.91 Å².